The maximum atomic E-state index is 12.3. The Labute approximate surface area is 123 Å². The van der Waals surface area contributed by atoms with E-state index in [4.69, 9.17) is 9.47 Å². The Hall–Kier alpha value is -1.66. The fourth-order valence-corrected chi connectivity index (χ4v) is 3.47. The Kier molecular flexibility index (Phi) is 3.59. The molecule has 0 aromatic heterocycles. The molecule has 2 fully saturated rings. The molecule has 0 saturated carbocycles. The number of hydrogen-bond acceptors (Lipinski definition) is 5. The molecule has 0 bridgehead atoms. The van der Waals surface area contributed by atoms with Gasteiger partial charge in [-0.3, -0.25) is 9.69 Å². The number of aliphatic hydroxyl groups excluding tert-OH is 1. The molecule has 0 aliphatic carbocycles. The summed E-state index contributed by atoms with van der Waals surface area (Å²) in [5, 5.41) is 9.80. The third kappa shape index (κ3) is 2.01. The van der Waals surface area contributed by atoms with Crippen LogP contribution in [0.4, 0.5) is 0 Å². The van der Waals surface area contributed by atoms with Gasteiger partial charge >= 0.3 is 5.97 Å². The van der Waals surface area contributed by atoms with Crippen LogP contribution >= 0.6 is 0 Å². The van der Waals surface area contributed by atoms with Crippen LogP contribution in [0.25, 0.3) is 0 Å². The van der Waals surface area contributed by atoms with Crippen molar-refractivity contribution in [1.82, 2.24) is 4.90 Å². The van der Waals surface area contributed by atoms with E-state index in [1.54, 1.807) is 6.92 Å². The summed E-state index contributed by atoms with van der Waals surface area (Å²) in [5.41, 5.74) is 1.14. The smallest absolute Gasteiger partial charge is 0.355 e. The normalized spacial score (nSPS) is 32.2. The Morgan fingerprint density at radius 1 is 1.67 bits per heavy atom. The number of β-lactam (4-membered cyclic amide) rings is 1. The molecule has 6 heteroatoms. The summed E-state index contributed by atoms with van der Waals surface area (Å²) < 4.78 is 10.9. The van der Waals surface area contributed by atoms with E-state index < -0.39 is 18.0 Å². The summed E-state index contributed by atoms with van der Waals surface area (Å²) in [4.78, 5) is 25.9. The summed E-state index contributed by atoms with van der Waals surface area (Å²) in [7, 11) is 0. The molecule has 0 aromatic carbocycles. The van der Waals surface area contributed by atoms with Crippen molar-refractivity contribution in [2.24, 2.45) is 5.92 Å². The molecule has 0 radical (unpaired) electrons. The number of ether oxygens (including phenoxy) is 2. The van der Waals surface area contributed by atoms with E-state index in [-0.39, 0.29) is 24.7 Å². The first-order chi connectivity index (χ1) is 10.1. The van der Waals surface area contributed by atoms with Gasteiger partial charge in [0.1, 0.15) is 18.4 Å². The van der Waals surface area contributed by atoms with Gasteiger partial charge in [0.2, 0.25) is 5.91 Å². The first kappa shape index (κ1) is 14.3. The SMILES string of the molecule is C=CCOC(=O)C1=C2CCCO[C@@H]2[C@@H]2[C@@H]([C@@H](C)O)C(=O)N12. The van der Waals surface area contributed by atoms with Crippen molar-refractivity contribution in [1.29, 1.82) is 0 Å². The van der Waals surface area contributed by atoms with Crippen LogP contribution < -0.4 is 0 Å². The molecule has 0 aromatic rings. The van der Waals surface area contributed by atoms with Gasteiger partial charge < -0.3 is 14.6 Å². The fraction of sp³-hybridized carbons (Fsp3) is 0.600. The average Bonchev–Trinajstić information content (AvgIpc) is 2.75. The first-order valence-electron chi connectivity index (χ1n) is 7.21. The molecule has 4 atom stereocenters. The number of amides is 1. The first-order valence-corrected chi connectivity index (χ1v) is 7.21. The third-order valence-corrected chi connectivity index (χ3v) is 4.32. The second-order valence-electron chi connectivity index (χ2n) is 5.62. The van der Waals surface area contributed by atoms with Crippen LogP contribution in [0.3, 0.4) is 0 Å². The topological polar surface area (TPSA) is 76.1 Å². The fourth-order valence-electron chi connectivity index (χ4n) is 3.47. The van der Waals surface area contributed by atoms with Crippen LogP contribution in [0.15, 0.2) is 23.9 Å². The van der Waals surface area contributed by atoms with E-state index in [1.807, 2.05) is 0 Å². The molecular weight excluding hydrogens is 274 g/mol. The Morgan fingerprint density at radius 2 is 2.43 bits per heavy atom. The average molecular weight is 293 g/mol. The summed E-state index contributed by atoms with van der Waals surface area (Å²) >= 11 is 0. The molecule has 0 unspecified atom stereocenters. The van der Waals surface area contributed by atoms with Crippen molar-refractivity contribution >= 4 is 11.9 Å². The second-order valence-corrected chi connectivity index (χ2v) is 5.62. The number of aliphatic hydroxyl groups is 1. The van der Waals surface area contributed by atoms with Crippen LogP contribution in [0.5, 0.6) is 0 Å². The van der Waals surface area contributed by atoms with Crippen molar-refractivity contribution < 1.29 is 24.2 Å². The summed E-state index contributed by atoms with van der Waals surface area (Å²) in [5.74, 6) is -1.25. The highest BCUT2D eigenvalue weighted by Gasteiger charge is 2.62. The number of fused-ring (bicyclic) bond motifs is 3. The zero-order chi connectivity index (χ0) is 15.1. The minimum absolute atomic E-state index is 0.105. The highest BCUT2D eigenvalue weighted by Crippen LogP contribution is 2.47. The number of hydrogen-bond donors (Lipinski definition) is 1. The Balaban J connectivity index is 1.92. The second kappa shape index (κ2) is 5.27. The lowest BCUT2D eigenvalue weighted by Crippen LogP contribution is -2.65. The van der Waals surface area contributed by atoms with Gasteiger partial charge in [0.15, 0.2) is 0 Å². The van der Waals surface area contributed by atoms with Crippen LogP contribution in [-0.2, 0) is 19.1 Å². The van der Waals surface area contributed by atoms with Gasteiger partial charge in [-0.25, -0.2) is 4.79 Å². The van der Waals surface area contributed by atoms with Gasteiger partial charge in [0, 0.05) is 6.61 Å². The number of carbonyl (C=O) groups is 2. The molecule has 0 spiro atoms. The van der Waals surface area contributed by atoms with Gasteiger partial charge in [0.25, 0.3) is 0 Å². The predicted octanol–water partition coefficient (Wildman–Crippen LogP) is 0.370. The molecule has 6 nitrogen and oxygen atoms in total. The molecule has 3 aliphatic heterocycles. The summed E-state index contributed by atoms with van der Waals surface area (Å²) in [6.45, 7) is 5.81. The van der Waals surface area contributed by atoms with Gasteiger partial charge in [-0.05, 0) is 25.3 Å². The van der Waals surface area contributed by atoms with E-state index in [2.05, 4.69) is 6.58 Å². The van der Waals surface area contributed by atoms with Gasteiger partial charge in [-0.1, -0.05) is 12.7 Å². The Bertz CT molecular complexity index is 524. The van der Waals surface area contributed by atoms with Crippen LogP contribution in [0.1, 0.15) is 19.8 Å². The lowest BCUT2D eigenvalue weighted by molar-refractivity contribution is -0.169. The predicted molar refractivity (Wildman–Crippen MR) is 73.0 cm³/mol. The maximum Gasteiger partial charge on any atom is 0.355 e. The number of nitrogens with zero attached hydrogens (tertiary/aromatic N) is 1. The minimum Gasteiger partial charge on any atom is -0.457 e. The van der Waals surface area contributed by atoms with Crippen molar-refractivity contribution in [3.63, 3.8) is 0 Å². The van der Waals surface area contributed by atoms with Crippen molar-refractivity contribution in [2.75, 3.05) is 13.2 Å². The third-order valence-electron chi connectivity index (χ3n) is 4.32. The Morgan fingerprint density at radius 3 is 3.10 bits per heavy atom. The van der Waals surface area contributed by atoms with Crippen LogP contribution in [0.2, 0.25) is 0 Å². The van der Waals surface area contributed by atoms with Gasteiger partial charge in [0.05, 0.1) is 18.1 Å². The quantitative estimate of drug-likeness (QED) is 0.460. The van der Waals surface area contributed by atoms with E-state index >= 15 is 0 Å². The highest BCUT2D eigenvalue weighted by molar-refractivity contribution is 6.01. The van der Waals surface area contributed by atoms with E-state index in [0.717, 1.165) is 18.4 Å². The van der Waals surface area contributed by atoms with E-state index in [0.29, 0.717) is 12.3 Å². The molecule has 21 heavy (non-hydrogen) atoms. The molecule has 1 amide bonds. The molecule has 2 saturated heterocycles. The highest BCUT2D eigenvalue weighted by atomic mass is 16.5. The number of carbonyl (C=O) groups excluding carboxylic acids is 2. The molecular formula is C15H19NO5. The molecule has 1 N–H and O–H groups in total. The van der Waals surface area contributed by atoms with Crippen LogP contribution in [0, 0.1) is 5.92 Å². The molecule has 3 aliphatic rings. The van der Waals surface area contributed by atoms with Crippen molar-refractivity contribution in [3.05, 3.63) is 23.9 Å². The zero-order valence-electron chi connectivity index (χ0n) is 11.9. The van der Waals surface area contributed by atoms with E-state index in [9.17, 15) is 14.7 Å². The van der Waals surface area contributed by atoms with Crippen LogP contribution in [-0.4, -0.2) is 53.3 Å². The summed E-state index contributed by atoms with van der Waals surface area (Å²) in [6.07, 6.45) is 1.98. The lowest BCUT2D eigenvalue weighted by atomic mass is 9.80. The standard InChI is InChI=1S/C15H19NO5/c1-3-6-21-15(19)11-9-5-4-7-20-13(9)12-10(8(2)17)14(18)16(11)12/h3,8,10,12-13,17H,1,4-7H2,2H3/t8-,10-,12+,13+/m1/s1. The largest absolute Gasteiger partial charge is 0.457 e. The van der Waals surface area contributed by atoms with Crippen molar-refractivity contribution in [3.8, 4) is 0 Å². The molecule has 3 rings (SSSR count). The number of rotatable bonds is 4. The minimum atomic E-state index is -0.755. The zero-order valence-corrected chi connectivity index (χ0v) is 11.9. The maximum absolute atomic E-state index is 12.3. The van der Waals surface area contributed by atoms with Gasteiger partial charge in [-0.2, -0.15) is 0 Å². The monoisotopic (exact) mass is 293 g/mol. The number of esters is 1. The summed E-state index contributed by atoms with van der Waals surface area (Å²) in [6, 6.07) is -0.279. The lowest BCUT2D eigenvalue weighted by Gasteiger charge is -2.47. The van der Waals surface area contributed by atoms with Gasteiger partial charge in [-0.15, -0.1) is 0 Å². The molecule has 3 heterocycles. The van der Waals surface area contributed by atoms with Crippen molar-refractivity contribution in [2.45, 2.75) is 38.0 Å². The molecule has 114 valence electrons. The van der Waals surface area contributed by atoms with E-state index in [1.165, 1.54) is 11.0 Å².